The van der Waals surface area contributed by atoms with E-state index in [9.17, 15) is 14.7 Å². The number of carboxylic acids is 1. The van der Waals surface area contributed by atoms with Gasteiger partial charge in [0.05, 0.1) is 12.2 Å². The average Bonchev–Trinajstić information content (AvgIpc) is 2.68. The number of carboxylic acid groups (broad SMARTS) is 1. The molecule has 6 nitrogen and oxygen atoms in total. The van der Waals surface area contributed by atoms with E-state index in [2.05, 4.69) is 4.90 Å². The summed E-state index contributed by atoms with van der Waals surface area (Å²) in [7, 11) is 3.47. The van der Waals surface area contributed by atoms with Gasteiger partial charge in [0.25, 0.3) is 5.91 Å². The smallest absolute Gasteiger partial charge is 0.336 e. The second-order valence-corrected chi connectivity index (χ2v) is 6.87. The number of amides is 1. The second-order valence-electron chi connectivity index (χ2n) is 6.87. The van der Waals surface area contributed by atoms with Crippen LogP contribution in [-0.2, 0) is 16.1 Å². The Kier molecular flexibility index (Phi) is 5.88. The van der Waals surface area contributed by atoms with Crippen LogP contribution in [0.1, 0.15) is 15.9 Å². The van der Waals surface area contributed by atoms with Crippen molar-refractivity contribution in [3.63, 3.8) is 0 Å². The normalized spacial score (nSPS) is 17.5. The van der Waals surface area contributed by atoms with Gasteiger partial charge in [0, 0.05) is 33.7 Å². The van der Waals surface area contributed by atoms with Gasteiger partial charge in [-0.25, -0.2) is 4.79 Å². The second kappa shape index (κ2) is 8.33. The van der Waals surface area contributed by atoms with Gasteiger partial charge in [-0.1, -0.05) is 42.5 Å². The number of nitrogens with zero attached hydrogens (tertiary/aromatic N) is 2. The molecule has 0 aromatic heterocycles. The predicted molar refractivity (Wildman–Crippen MR) is 103 cm³/mol. The van der Waals surface area contributed by atoms with Gasteiger partial charge >= 0.3 is 5.97 Å². The summed E-state index contributed by atoms with van der Waals surface area (Å²) >= 11 is 0. The fourth-order valence-corrected chi connectivity index (χ4v) is 3.25. The van der Waals surface area contributed by atoms with Crippen molar-refractivity contribution >= 4 is 11.9 Å². The number of rotatable bonds is 5. The minimum atomic E-state index is -0.931. The lowest BCUT2D eigenvalue weighted by molar-refractivity contribution is -0.147. The highest BCUT2D eigenvalue weighted by Crippen LogP contribution is 2.24. The molecule has 1 N–H and O–H groups in total. The fraction of sp³-hybridized carbons (Fsp3) is 0.333. The van der Waals surface area contributed by atoms with Crippen molar-refractivity contribution in [2.45, 2.75) is 12.6 Å². The molecule has 1 heterocycles. The van der Waals surface area contributed by atoms with E-state index < -0.39 is 12.1 Å². The van der Waals surface area contributed by atoms with Crippen molar-refractivity contribution in [3.05, 3.63) is 59.7 Å². The van der Waals surface area contributed by atoms with Crippen LogP contribution in [0.2, 0.25) is 0 Å². The Labute approximate surface area is 159 Å². The summed E-state index contributed by atoms with van der Waals surface area (Å²) in [6, 6.07) is 14.9. The summed E-state index contributed by atoms with van der Waals surface area (Å²) in [6.07, 6.45) is -0.421. The number of ether oxygens (including phenoxy) is 1. The molecule has 142 valence electrons. The highest BCUT2D eigenvalue weighted by molar-refractivity contribution is 5.96. The summed E-state index contributed by atoms with van der Waals surface area (Å²) in [4.78, 5) is 27.3. The molecule has 1 amide bonds. The van der Waals surface area contributed by atoms with E-state index in [4.69, 9.17) is 4.74 Å². The summed E-state index contributed by atoms with van der Waals surface area (Å²) < 4.78 is 5.59. The Hall–Kier alpha value is -2.70. The maximum absolute atomic E-state index is 12.1. The molecule has 0 aliphatic carbocycles. The molecule has 6 heteroatoms. The number of aromatic carboxylic acids is 1. The van der Waals surface area contributed by atoms with E-state index >= 15 is 0 Å². The maximum Gasteiger partial charge on any atom is 0.336 e. The van der Waals surface area contributed by atoms with E-state index in [0.717, 1.165) is 24.2 Å². The number of hydrogen-bond donors (Lipinski definition) is 1. The van der Waals surface area contributed by atoms with Crippen LogP contribution in [0, 0.1) is 0 Å². The Balaban J connectivity index is 1.70. The van der Waals surface area contributed by atoms with Crippen LogP contribution in [0.3, 0.4) is 0 Å². The molecule has 3 rings (SSSR count). The average molecular weight is 368 g/mol. The van der Waals surface area contributed by atoms with Crippen molar-refractivity contribution in [1.29, 1.82) is 0 Å². The number of likely N-dealkylation sites (N-methyl/N-ethyl adjacent to an activating group) is 1. The summed E-state index contributed by atoms with van der Waals surface area (Å²) in [6.45, 7) is 2.61. The van der Waals surface area contributed by atoms with Gasteiger partial charge in [-0.2, -0.15) is 0 Å². The SMILES string of the molecule is CN(C)C(=O)[C@H]1CN(Cc2ccc(-c3ccccc3C(=O)O)cc2)CCO1. The highest BCUT2D eigenvalue weighted by Gasteiger charge is 2.27. The van der Waals surface area contributed by atoms with Crippen LogP contribution in [0.25, 0.3) is 11.1 Å². The molecule has 0 spiro atoms. The van der Waals surface area contributed by atoms with Gasteiger partial charge in [-0.3, -0.25) is 9.69 Å². The molecule has 0 radical (unpaired) electrons. The first kappa shape index (κ1) is 19.1. The lowest BCUT2D eigenvalue weighted by atomic mass is 9.98. The molecule has 2 aromatic carbocycles. The van der Waals surface area contributed by atoms with Gasteiger partial charge in [0.15, 0.2) is 0 Å². The van der Waals surface area contributed by atoms with Crippen LogP contribution in [0.5, 0.6) is 0 Å². The van der Waals surface area contributed by atoms with Gasteiger partial charge in [0.2, 0.25) is 0 Å². The van der Waals surface area contributed by atoms with E-state index in [1.54, 1.807) is 31.1 Å². The van der Waals surface area contributed by atoms with Crippen molar-refractivity contribution in [2.24, 2.45) is 0 Å². The summed E-state index contributed by atoms with van der Waals surface area (Å²) in [5.74, 6) is -0.945. The van der Waals surface area contributed by atoms with E-state index in [-0.39, 0.29) is 5.91 Å². The molecule has 1 saturated heterocycles. The number of hydrogen-bond acceptors (Lipinski definition) is 4. The Morgan fingerprint density at radius 3 is 2.52 bits per heavy atom. The van der Waals surface area contributed by atoms with E-state index in [1.807, 2.05) is 36.4 Å². The summed E-state index contributed by atoms with van der Waals surface area (Å²) in [5.41, 5.74) is 2.99. The molecular formula is C21H24N2O4. The van der Waals surface area contributed by atoms with Crippen molar-refractivity contribution < 1.29 is 19.4 Å². The first-order valence-electron chi connectivity index (χ1n) is 8.92. The Morgan fingerprint density at radius 2 is 1.85 bits per heavy atom. The zero-order valence-corrected chi connectivity index (χ0v) is 15.6. The van der Waals surface area contributed by atoms with Crippen LogP contribution < -0.4 is 0 Å². The Morgan fingerprint density at radius 1 is 1.15 bits per heavy atom. The van der Waals surface area contributed by atoms with Crippen LogP contribution in [0.15, 0.2) is 48.5 Å². The van der Waals surface area contributed by atoms with Gasteiger partial charge in [0.1, 0.15) is 6.10 Å². The fourth-order valence-electron chi connectivity index (χ4n) is 3.25. The largest absolute Gasteiger partial charge is 0.478 e. The van der Waals surface area contributed by atoms with Crippen LogP contribution in [-0.4, -0.2) is 66.7 Å². The van der Waals surface area contributed by atoms with Crippen LogP contribution in [0.4, 0.5) is 0 Å². The first-order valence-corrected chi connectivity index (χ1v) is 8.92. The minimum Gasteiger partial charge on any atom is -0.478 e. The number of carbonyl (C=O) groups is 2. The maximum atomic E-state index is 12.1. The number of morpholine rings is 1. The summed E-state index contributed by atoms with van der Waals surface area (Å²) in [5, 5.41) is 9.36. The van der Waals surface area contributed by atoms with Gasteiger partial charge in [-0.05, 0) is 22.8 Å². The lowest BCUT2D eigenvalue weighted by Gasteiger charge is -2.33. The standard InChI is InChI=1S/C21H24N2O4/c1-22(2)20(24)19-14-23(11-12-27-19)13-15-7-9-16(10-8-15)17-5-3-4-6-18(17)21(25)26/h3-10,19H,11-14H2,1-2H3,(H,25,26)/t19-/m1/s1. The van der Waals surface area contributed by atoms with E-state index in [0.29, 0.717) is 24.3 Å². The third-order valence-corrected chi connectivity index (χ3v) is 4.70. The lowest BCUT2D eigenvalue weighted by Crippen LogP contribution is -2.49. The molecule has 0 bridgehead atoms. The molecule has 1 fully saturated rings. The molecule has 2 aromatic rings. The molecular weight excluding hydrogens is 344 g/mol. The number of benzene rings is 2. The zero-order chi connectivity index (χ0) is 19.4. The zero-order valence-electron chi connectivity index (χ0n) is 15.6. The molecule has 1 atom stereocenters. The Bertz CT molecular complexity index is 817. The topological polar surface area (TPSA) is 70.1 Å². The van der Waals surface area contributed by atoms with E-state index in [1.165, 1.54) is 0 Å². The molecule has 1 aliphatic heterocycles. The monoisotopic (exact) mass is 368 g/mol. The first-order chi connectivity index (χ1) is 13.0. The van der Waals surface area contributed by atoms with Crippen molar-refractivity contribution in [3.8, 4) is 11.1 Å². The third-order valence-electron chi connectivity index (χ3n) is 4.70. The third kappa shape index (κ3) is 4.53. The van der Waals surface area contributed by atoms with Crippen LogP contribution >= 0.6 is 0 Å². The van der Waals surface area contributed by atoms with Gasteiger partial charge < -0.3 is 14.7 Å². The quantitative estimate of drug-likeness (QED) is 0.877. The van der Waals surface area contributed by atoms with Crippen molar-refractivity contribution in [1.82, 2.24) is 9.80 Å². The highest BCUT2D eigenvalue weighted by atomic mass is 16.5. The predicted octanol–water partition coefficient (Wildman–Crippen LogP) is 2.34. The molecule has 0 unspecified atom stereocenters. The molecule has 27 heavy (non-hydrogen) atoms. The number of carbonyl (C=O) groups excluding carboxylic acids is 1. The molecule has 1 aliphatic rings. The van der Waals surface area contributed by atoms with Gasteiger partial charge in [-0.15, -0.1) is 0 Å². The minimum absolute atomic E-state index is 0.0136. The molecule has 0 saturated carbocycles. The van der Waals surface area contributed by atoms with Crippen molar-refractivity contribution in [2.75, 3.05) is 33.8 Å².